The van der Waals surface area contributed by atoms with Crippen LogP contribution >= 0.6 is 23.2 Å². The zero-order chi connectivity index (χ0) is 19.0. The zero-order valence-corrected chi connectivity index (χ0v) is 16.2. The van der Waals surface area contributed by atoms with Crippen molar-refractivity contribution in [1.82, 2.24) is 4.98 Å². The molecule has 0 amide bonds. The maximum atomic E-state index is 9.68. The van der Waals surface area contributed by atoms with Crippen molar-refractivity contribution in [1.29, 1.82) is 5.26 Å². The first-order chi connectivity index (χ1) is 12.3. The molecule has 130 valence electrons. The minimum absolute atomic E-state index is 0.190. The Labute approximate surface area is 163 Å². The molecule has 26 heavy (non-hydrogen) atoms. The van der Waals surface area contributed by atoms with Crippen molar-refractivity contribution < 1.29 is 0 Å². The van der Waals surface area contributed by atoms with Crippen molar-refractivity contribution in [3.63, 3.8) is 0 Å². The molecule has 5 heteroatoms. The van der Waals surface area contributed by atoms with Crippen molar-refractivity contribution in [2.24, 2.45) is 0 Å². The molecule has 0 saturated heterocycles. The van der Waals surface area contributed by atoms with Gasteiger partial charge in [0.1, 0.15) is 17.5 Å². The van der Waals surface area contributed by atoms with E-state index in [0.29, 0.717) is 21.3 Å². The van der Waals surface area contributed by atoms with Crippen LogP contribution in [0.2, 0.25) is 10.0 Å². The predicted octanol–water partition coefficient (Wildman–Crippen LogP) is 6.10. The fourth-order valence-corrected chi connectivity index (χ4v) is 3.59. The third kappa shape index (κ3) is 3.14. The number of hydrogen-bond donors (Lipinski definition) is 1. The maximum Gasteiger partial charge on any atom is 0.142 e. The lowest BCUT2D eigenvalue weighted by Gasteiger charge is -2.17. The van der Waals surface area contributed by atoms with Crippen LogP contribution in [0.3, 0.4) is 0 Å². The fraction of sp³-hybridized carbons (Fsp3) is 0.143. The van der Waals surface area contributed by atoms with Gasteiger partial charge < -0.3 is 5.73 Å². The van der Waals surface area contributed by atoms with Crippen molar-refractivity contribution in [2.45, 2.75) is 20.8 Å². The second-order valence-corrected chi connectivity index (χ2v) is 7.12. The quantitative estimate of drug-likeness (QED) is 0.582. The Balaban J connectivity index is 2.40. The van der Waals surface area contributed by atoms with Crippen molar-refractivity contribution >= 4 is 29.0 Å². The normalized spacial score (nSPS) is 10.6. The smallest absolute Gasteiger partial charge is 0.142 e. The summed E-state index contributed by atoms with van der Waals surface area (Å²) < 4.78 is 0. The van der Waals surface area contributed by atoms with E-state index in [2.05, 4.69) is 17.1 Å². The molecule has 0 aliphatic rings. The molecule has 2 aromatic carbocycles. The predicted molar refractivity (Wildman–Crippen MR) is 108 cm³/mol. The number of aryl methyl sites for hydroxylation is 2. The average molecular weight is 382 g/mol. The Hall–Kier alpha value is -2.54. The first kappa shape index (κ1) is 18.3. The molecule has 0 bridgehead atoms. The lowest BCUT2D eigenvalue weighted by atomic mass is 9.89. The van der Waals surface area contributed by atoms with Gasteiger partial charge in [-0.1, -0.05) is 47.0 Å². The Morgan fingerprint density at radius 3 is 2.38 bits per heavy atom. The van der Waals surface area contributed by atoms with Crippen molar-refractivity contribution in [3.8, 4) is 28.5 Å². The van der Waals surface area contributed by atoms with Gasteiger partial charge in [-0.15, -0.1) is 0 Å². The third-order valence-corrected chi connectivity index (χ3v) is 4.98. The largest absolute Gasteiger partial charge is 0.383 e. The minimum atomic E-state index is 0.190. The standard InChI is InChI=1S/C21H17Cl2N3/c1-11-4-5-12(2)16(8-11)19-13(3)20(26-21(25)17(19)10-24)15-7-6-14(22)9-18(15)23/h4-9H,1-3H3,(H2,25,26). The van der Waals surface area contributed by atoms with Gasteiger partial charge in [-0.3, -0.25) is 0 Å². The molecule has 1 aromatic heterocycles. The number of halogens is 2. The summed E-state index contributed by atoms with van der Waals surface area (Å²) in [6.45, 7) is 5.97. The van der Waals surface area contributed by atoms with Crippen LogP contribution in [0.25, 0.3) is 22.4 Å². The number of nitrogen functional groups attached to an aromatic ring is 1. The highest BCUT2D eigenvalue weighted by Crippen LogP contribution is 2.39. The van der Waals surface area contributed by atoms with E-state index in [4.69, 9.17) is 28.9 Å². The minimum Gasteiger partial charge on any atom is -0.383 e. The molecule has 0 saturated carbocycles. The van der Waals surface area contributed by atoms with Gasteiger partial charge in [0.25, 0.3) is 0 Å². The summed E-state index contributed by atoms with van der Waals surface area (Å²) in [5, 5.41) is 10.7. The van der Waals surface area contributed by atoms with Crippen LogP contribution in [0.5, 0.6) is 0 Å². The van der Waals surface area contributed by atoms with Gasteiger partial charge in [-0.05, 0) is 55.7 Å². The molecule has 0 unspecified atom stereocenters. The highest BCUT2D eigenvalue weighted by atomic mass is 35.5. The number of nitriles is 1. The number of anilines is 1. The third-order valence-electron chi connectivity index (χ3n) is 4.43. The van der Waals surface area contributed by atoms with E-state index in [9.17, 15) is 5.26 Å². The summed E-state index contributed by atoms with van der Waals surface area (Å²) in [7, 11) is 0. The summed E-state index contributed by atoms with van der Waals surface area (Å²) in [4.78, 5) is 4.47. The second kappa shape index (κ2) is 6.99. The Kier molecular flexibility index (Phi) is 4.91. The topological polar surface area (TPSA) is 62.7 Å². The summed E-state index contributed by atoms with van der Waals surface area (Å²) in [6.07, 6.45) is 0. The SMILES string of the molecule is Cc1ccc(C)c(-c2c(C)c(-c3ccc(Cl)cc3Cl)nc(N)c2C#N)c1. The summed E-state index contributed by atoms with van der Waals surface area (Å²) in [5.41, 5.74) is 12.7. The van der Waals surface area contributed by atoms with E-state index in [1.165, 1.54) is 0 Å². The van der Waals surface area contributed by atoms with Crippen LogP contribution in [0.1, 0.15) is 22.3 Å². The monoisotopic (exact) mass is 381 g/mol. The van der Waals surface area contributed by atoms with E-state index >= 15 is 0 Å². The number of rotatable bonds is 2. The first-order valence-electron chi connectivity index (χ1n) is 8.06. The van der Waals surface area contributed by atoms with Crippen LogP contribution in [-0.4, -0.2) is 4.98 Å². The van der Waals surface area contributed by atoms with Crippen molar-refractivity contribution in [3.05, 3.63) is 68.7 Å². The van der Waals surface area contributed by atoms with E-state index < -0.39 is 0 Å². The second-order valence-electron chi connectivity index (χ2n) is 6.27. The number of nitrogens with two attached hydrogens (primary N) is 1. The van der Waals surface area contributed by atoms with Crippen LogP contribution in [-0.2, 0) is 0 Å². The molecular weight excluding hydrogens is 365 g/mol. The van der Waals surface area contributed by atoms with Gasteiger partial charge in [-0.2, -0.15) is 5.26 Å². The van der Waals surface area contributed by atoms with Gasteiger partial charge in [0, 0.05) is 16.1 Å². The molecule has 0 atom stereocenters. The molecule has 0 spiro atoms. The van der Waals surface area contributed by atoms with Gasteiger partial charge in [-0.25, -0.2) is 4.98 Å². The molecular formula is C21H17Cl2N3. The number of benzene rings is 2. The number of pyridine rings is 1. The van der Waals surface area contributed by atoms with Crippen LogP contribution in [0, 0.1) is 32.1 Å². The lowest BCUT2D eigenvalue weighted by molar-refractivity contribution is 1.25. The highest BCUT2D eigenvalue weighted by molar-refractivity contribution is 6.36. The number of nitrogens with zero attached hydrogens (tertiary/aromatic N) is 2. The van der Waals surface area contributed by atoms with E-state index in [-0.39, 0.29) is 5.82 Å². The molecule has 2 N–H and O–H groups in total. The van der Waals surface area contributed by atoms with Gasteiger partial charge >= 0.3 is 0 Å². The zero-order valence-electron chi connectivity index (χ0n) is 14.7. The highest BCUT2D eigenvalue weighted by Gasteiger charge is 2.20. The molecule has 3 aromatic rings. The van der Waals surface area contributed by atoms with Crippen LogP contribution < -0.4 is 5.73 Å². The van der Waals surface area contributed by atoms with Gasteiger partial charge in [0.15, 0.2) is 0 Å². The van der Waals surface area contributed by atoms with E-state index in [1.54, 1.807) is 12.1 Å². The molecule has 0 fully saturated rings. The van der Waals surface area contributed by atoms with Crippen LogP contribution in [0.4, 0.5) is 5.82 Å². The molecule has 0 radical (unpaired) electrons. The van der Waals surface area contributed by atoms with Gasteiger partial charge in [0.2, 0.25) is 0 Å². The first-order valence-corrected chi connectivity index (χ1v) is 8.82. The fourth-order valence-electron chi connectivity index (χ4n) is 3.09. The summed E-state index contributed by atoms with van der Waals surface area (Å²) >= 11 is 12.4. The summed E-state index contributed by atoms with van der Waals surface area (Å²) in [6, 6.07) is 13.6. The van der Waals surface area contributed by atoms with E-state index in [0.717, 1.165) is 33.4 Å². The molecule has 3 rings (SSSR count). The van der Waals surface area contributed by atoms with Crippen LogP contribution in [0.15, 0.2) is 36.4 Å². The Morgan fingerprint density at radius 1 is 1.00 bits per heavy atom. The molecule has 0 aliphatic carbocycles. The Morgan fingerprint density at radius 2 is 1.73 bits per heavy atom. The Bertz CT molecular complexity index is 1070. The summed E-state index contributed by atoms with van der Waals surface area (Å²) in [5.74, 6) is 0.190. The molecule has 0 aliphatic heterocycles. The van der Waals surface area contributed by atoms with Gasteiger partial charge in [0.05, 0.1) is 10.7 Å². The number of aromatic nitrogens is 1. The van der Waals surface area contributed by atoms with E-state index in [1.807, 2.05) is 39.0 Å². The maximum absolute atomic E-state index is 9.68. The van der Waals surface area contributed by atoms with Crippen molar-refractivity contribution in [2.75, 3.05) is 5.73 Å². The lowest BCUT2D eigenvalue weighted by Crippen LogP contribution is -2.04. The molecule has 3 nitrogen and oxygen atoms in total. The number of hydrogen-bond acceptors (Lipinski definition) is 3. The average Bonchev–Trinajstić information content (AvgIpc) is 2.59. The molecule has 1 heterocycles.